The summed E-state index contributed by atoms with van der Waals surface area (Å²) in [6.07, 6.45) is 2.57. The lowest BCUT2D eigenvalue weighted by Crippen LogP contribution is -2.29. The molecular formula is C15H21N3O3. The first-order chi connectivity index (χ1) is 10.2. The normalized spacial score (nSPS) is 11.0. The molecule has 0 spiro atoms. The van der Waals surface area contributed by atoms with Crippen LogP contribution in [0.1, 0.15) is 28.7 Å². The molecule has 0 fully saturated rings. The summed E-state index contributed by atoms with van der Waals surface area (Å²) in [5.74, 6) is -0.157. The second-order valence-corrected chi connectivity index (χ2v) is 4.78. The van der Waals surface area contributed by atoms with E-state index in [1.807, 2.05) is 36.6 Å². The molecular weight excluding hydrogens is 270 g/mol. The molecule has 2 N–H and O–H groups in total. The van der Waals surface area contributed by atoms with Gasteiger partial charge in [-0.25, -0.2) is 4.98 Å². The van der Waals surface area contributed by atoms with E-state index < -0.39 is 0 Å². The quantitative estimate of drug-likeness (QED) is 0.745. The lowest BCUT2D eigenvalue weighted by atomic mass is 10.2. The average molecular weight is 291 g/mol. The van der Waals surface area contributed by atoms with Gasteiger partial charge in [0.1, 0.15) is 11.3 Å². The van der Waals surface area contributed by atoms with Gasteiger partial charge in [-0.15, -0.1) is 0 Å². The Morgan fingerprint density at radius 2 is 2.29 bits per heavy atom. The number of aryl methyl sites for hydroxylation is 2. The lowest BCUT2D eigenvalue weighted by molar-refractivity contribution is 0.0834. The van der Waals surface area contributed by atoms with Crippen LogP contribution in [-0.4, -0.2) is 46.8 Å². The Hall–Kier alpha value is -1.92. The Labute approximate surface area is 123 Å². The summed E-state index contributed by atoms with van der Waals surface area (Å²) >= 11 is 0. The fourth-order valence-electron chi connectivity index (χ4n) is 2.17. The number of aliphatic hydroxyl groups excluding tert-OH is 1. The van der Waals surface area contributed by atoms with E-state index in [2.05, 4.69) is 10.3 Å². The summed E-state index contributed by atoms with van der Waals surface area (Å²) < 4.78 is 6.94. The number of nitrogens with one attached hydrogen (secondary N) is 1. The molecule has 0 aliphatic heterocycles. The maximum atomic E-state index is 12.3. The Bertz CT molecular complexity index is 622. The SMILES string of the molecule is CCc1nc2cc(C)ccn2c1C(=O)NCCOCCO. The number of aliphatic hydroxyl groups is 1. The first kappa shape index (κ1) is 15.5. The van der Waals surface area contributed by atoms with Gasteiger partial charge in [-0.2, -0.15) is 0 Å². The van der Waals surface area contributed by atoms with E-state index in [1.54, 1.807) is 0 Å². The number of rotatable bonds is 7. The number of imidazole rings is 1. The van der Waals surface area contributed by atoms with Crippen molar-refractivity contribution in [3.8, 4) is 0 Å². The molecule has 6 nitrogen and oxygen atoms in total. The number of ether oxygens (including phenoxy) is 1. The highest BCUT2D eigenvalue weighted by molar-refractivity contribution is 5.94. The number of pyridine rings is 1. The van der Waals surface area contributed by atoms with Crippen LogP contribution in [0.15, 0.2) is 18.3 Å². The van der Waals surface area contributed by atoms with Gasteiger partial charge < -0.3 is 15.2 Å². The summed E-state index contributed by atoms with van der Waals surface area (Å²) in [7, 11) is 0. The third kappa shape index (κ3) is 3.59. The van der Waals surface area contributed by atoms with Crippen molar-refractivity contribution in [2.75, 3.05) is 26.4 Å². The standard InChI is InChI=1S/C15H21N3O3/c1-3-12-14(15(20)16-5-8-21-9-7-19)18-6-4-11(2)10-13(18)17-12/h4,6,10,19H,3,5,7-9H2,1-2H3,(H,16,20). The number of amides is 1. The van der Waals surface area contributed by atoms with Crippen molar-refractivity contribution in [2.24, 2.45) is 0 Å². The molecule has 0 aliphatic rings. The largest absolute Gasteiger partial charge is 0.394 e. The lowest BCUT2D eigenvalue weighted by Gasteiger charge is -2.07. The minimum atomic E-state index is -0.157. The van der Waals surface area contributed by atoms with Gasteiger partial charge in [0, 0.05) is 12.7 Å². The Balaban J connectivity index is 2.14. The molecule has 0 radical (unpaired) electrons. The van der Waals surface area contributed by atoms with E-state index in [0.717, 1.165) is 16.9 Å². The second-order valence-electron chi connectivity index (χ2n) is 4.78. The average Bonchev–Trinajstić information content (AvgIpc) is 2.84. The smallest absolute Gasteiger partial charge is 0.270 e. The molecule has 21 heavy (non-hydrogen) atoms. The van der Waals surface area contributed by atoms with Crippen LogP contribution in [0.25, 0.3) is 5.65 Å². The van der Waals surface area contributed by atoms with Gasteiger partial charge in [0.15, 0.2) is 0 Å². The highest BCUT2D eigenvalue weighted by Gasteiger charge is 2.17. The maximum absolute atomic E-state index is 12.3. The molecule has 2 aromatic rings. The number of nitrogens with zero attached hydrogens (tertiary/aromatic N) is 2. The molecule has 0 atom stereocenters. The van der Waals surface area contributed by atoms with Crippen molar-refractivity contribution >= 4 is 11.6 Å². The zero-order valence-electron chi connectivity index (χ0n) is 12.4. The van der Waals surface area contributed by atoms with E-state index in [-0.39, 0.29) is 19.1 Å². The molecule has 1 amide bonds. The van der Waals surface area contributed by atoms with Gasteiger partial charge in [0.25, 0.3) is 5.91 Å². The molecule has 114 valence electrons. The van der Waals surface area contributed by atoms with Crippen LogP contribution in [0.2, 0.25) is 0 Å². The maximum Gasteiger partial charge on any atom is 0.270 e. The van der Waals surface area contributed by atoms with Gasteiger partial charge in [-0.05, 0) is 31.0 Å². The van der Waals surface area contributed by atoms with Gasteiger partial charge in [-0.3, -0.25) is 9.20 Å². The van der Waals surface area contributed by atoms with E-state index in [0.29, 0.717) is 25.3 Å². The first-order valence-electron chi connectivity index (χ1n) is 7.11. The zero-order chi connectivity index (χ0) is 15.2. The second kappa shape index (κ2) is 7.19. The Morgan fingerprint density at radius 1 is 1.48 bits per heavy atom. The van der Waals surface area contributed by atoms with Gasteiger partial charge in [0.05, 0.1) is 25.5 Å². The summed E-state index contributed by atoms with van der Waals surface area (Å²) in [5, 5.41) is 11.4. The molecule has 0 bridgehead atoms. The highest BCUT2D eigenvalue weighted by atomic mass is 16.5. The predicted octanol–water partition coefficient (Wildman–Crippen LogP) is 0.944. The van der Waals surface area contributed by atoms with E-state index in [9.17, 15) is 4.79 Å². The summed E-state index contributed by atoms with van der Waals surface area (Å²) in [4.78, 5) is 16.8. The number of hydrogen-bond acceptors (Lipinski definition) is 4. The number of carbonyl (C=O) groups is 1. The highest BCUT2D eigenvalue weighted by Crippen LogP contribution is 2.14. The van der Waals surface area contributed by atoms with E-state index >= 15 is 0 Å². The third-order valence-electron chi connectivity index (χ3n) is 3.17. The summed E-state index contributed by atoms with van der Waals surface area (Å²) in [6, 6.07) is 3.91. The van der Waals surface area contributed by atoms with Crippen LogP contribution in [0.3, 0.4) is 0 Å². The fraction of sp³-hybridized carbons (Fsp3) is 0.467. The van der Waals surface area contributed by atoms with Crippen molar-refractivity contribution in [3.05, 3.63) is 35.3 Å². The van der Waals surface area contributed by atoms with Crippen LogP contribution < -0.4 is 5.32 Å². The van der Waals surface area contributed by atoms with Gasteiger partial charge in [-0.1, -0.05) is 6.92 Å². The molecule has 0 aliphatic carbocycles. The van der Waals surface area contributed by atoms with Crippen LogP contribution in [0, 0.1) is 6.92 Å². The molecule has 0 saturated carbocycles. The van der Waals surface area contributed by atoms with Crippen molar-refractivity contribution in [1.29, 1.82) is 0 Å². The molecule has 0 unspecified atom stereocenters. The molecule has 2 heterocycles. The minimum absolute atomic E-state index is 0.0134. The molecule has 6 heteroatoms. The van der Waals surface area contributed by atoms with Crippen LogP contribution in [0.4, 0.5) is 0 Å². The molecule has 2 aromatic heterocycles. The summed E-state index contributed by atoms with van der Waals surface area (Å²) in [5.41, 5.74) is 3.26. The zero-order valence-corrected chi connectivity index (χ0v) is 12.4. The fourth-order valence-corrected chi connectivity index (χ4v) is 2.17. The number of carbonyl (C=O) groups excluding carboxylic acids is 1. The monoisotopic (exact) mass is 291 g/mol. The van der Waals surface area contributed by atoms with E-state index in [1.165, 1.54) is 0 Å². The van der Waals surface area contributed by atoms with Crippen molar-refractivity contribution in [2.45, 2.75) is 20.3 Å². The number of fused-ring (bicyclic) bond motifs is 1. The van der Waals surface area contributed by atoms with Crippen LogP contribution in [-0.2, 0) is 11.2 Å². The first-order valence-corrected chi connectivity index (χ1v) is 7.11. The van der Waals surface area contributed by atoms with E-state index in [4.69, 9.17) is 9.84 Å². The van der Waals surface area contributed by atoms with Crippen LogP contribution in [0.5, 0.6) is 0 Å². The molecule has 0 aromatic carbocycles. The third-order valence-corrected chi connectivity index (χ3v) is 3.17. The van der Waals surface area contributed by atoms with Gasteiger partial charge >= 0.3 is 0 Å². The Kier molecular flexibility index (Phi) is 5.30. The minimum Gasteiger partial charge on any atom is -0.394 e. The van der Waals surface area contributed by atoms with Gasteiger partial charge in [0.2, 0.25) is 0 Å². The molecule has 0 saturated heterocycles. The predicted molar refractivity (Wildman–Crippen MR) is 79.5 cm³/mol. The van der Waals surface area contributed by atoms with Crippen molar-refractivity contribution in [3.63, 3.8) is 0 Å². The number of hydrogen-bond donors (Lipinski definition) is 2. The topological polar surface area (TPSA) is 75.9 Å². The van der Waals surface area contributed by atoms with Crippen LogP contribution >= 0.6 is 0 Å². The van der Waals surface area contributed by atoms with Crippen molar-refractivity contribution in [1.82, 2.24) is 14.7 Å². The number of aromatic nitrogens is 2. The Morgan fingerprint density at radius 3 is 3.00 bits per heavy atom. The van der Waals surface area contributed by atoms with Crippen molar-refractivity contribution < 1.29 is 14.6 Å². The molecule has 2 rings (SSSR count). The summed E-state index contributed by atoms with van der Waals surface area (Å²) in [6.45, 7) is 5.03.